The summed E-state index contributed by atoms with van der Waals surface area (Å²) in [5.41, 5.74) is 5.42. The Labute approximate surface area is 170 Å². The predicted molar refractivity (Wildman–Crippen MR) is 123 cm³/mol. The first-order valence-electron chi connectivity index (χ1n) is 9.71. The lowest BCUT2D eigenvalue weighted by molar-refractivity contribution is 0.673. The Morgan fingerprint density at radius 1 is 0.621 bits per heavy atom. The molecule has 0 unspecified atom stereocenters. The molecule has 0 fully saturated rings. The molecule has 0 saturated heterocycles. The Morgan fingerprint density at radius 3 is 2.28 bits per heavy atom. The highest BCUT2D eigenvalue weighted by molar-refractivity contribution is 7.26. The van der Waals surface area contributed by atoms with Gasteiger partial charge in [-0.05, 0) is 36.4 Å². The van der Waals surface area contributed by atoms with Crippen molar-refractivity contribution >= 4 is 64.5 Å². The molecule has 0 N–H and O–H groups in total. The Hall–Kier alpha value is -3.56. The van der Waals surface area contributed by atoms with Gasteiger partial charge >= 0.3 is 0 Å². The van der Waals surface area contributed by atoms with Crippen molar-refractivity contribution < 1.29 is 4.42 Å². The second kappa shape index (κ2) is 5.49. The van der Waals surface area contributed by atoms with E-state index in [4.69, 9.17) is 4.42 Å². The zero-order valence-corrected chi connectivity index (χ0v) is 16.2. The fourth-order valence-corrected chi connectivity index (χ4v) is 5.78. The van der Waals surface area contributed by atoms with Crippen LogP contribution in [-0.2, 0) is 0 Å². The van der Waals surface area contributed by atoms with Gasteiger partial charge < -0.3 is 8.98 Å². The number of benzene rings is 4. The minimum absolute atomic E-state index is 0.931. The summed E-state index contributed by atoms with van der Waals surface area (Å²) in [7, 11) is 0. The van der Waals surface area contributed by atoms with E-state index in [-0.39, 0.29) is 0 Å². The normalized spacial score (nSPS) is 12.1. The van der Waals surface area contributed by atoms with Gasteiger partial charge in [-0.25, -0.2) is 0 Å². The number of hydrogen-bond donors (Lipinski definition) is 0. The van der Waals surface area contributed by atoms with Crippen molar-refractivity contribution in [3.05, 3.63) is 91.0 Å². The summed E-state index contributed by atoms with van der Waals surface area (Å²) >= 11 is 1.86. The molecule has 7 rings (SSSR count). The van der Waals surface area contributed by atoms with Gasteiger partial charge in [0.15, 0.2) is 5.58 Å². The summed E-state index contributed by atoms with van der Waals surface area (Å²) in [5, 5.41) is 4.93. The van der Waals surface area contributed by atoms with Crippen molar-refractivity contribution in [1.29, 1.82) is 0 Å². The van der Waals surface area contributed by atoms with E-state index in [0.717, 1.165) is 27.5 Å². The van der Waals surface area contributed by atoms with Gasteiger partial charge in [-0.3, -0.25) is 0 Å². The Kier molecular flexibility index (Phi) is 2.91. The number of aromatic nitrogens is 1. The summed E-state index contributed by atoms with van der Waals surface area (Å²) in [4.78, 5) is 0. The average Bonchev–Trinajstić information content (AvgIpc) is 3.42. The SMILES string of the molecule is c1ccc2c(c1)oc1c3ccccc3n(-c3cccc4c3sc3ccccc34)c21. The van der Waals surface area contributed by atoms with Gasteiger partial charge in [0, 0.05) is 26.2 Å². The van der Waals surface area contributed by atoms with E-state index in [1.54, 1.807) is 0 Å². The molecule has 136 valence electrons. The van der Waals surface area contributed by atoms with Crippen LogP contribution in [0.5, 0.6) is 0 Å². The number of para-hydroxylation sites is 2. The number of furan rings is 1. The van der Waals surface area contributed by atoms with Crippen LogP contribution in [0, 0.1) is 0 Å². The van der Waals surface area contributed by atoms with Crippen LogP contribution in [0.15, 0.2) is 95.4 Å². The topological polar surface area (TPSA) is 18.1 Å². The molecular weight excluding hydrogens is 374 g/mol. The highest BCUT2D eigenvalue weighted by Crippen LogP contribution is 2.43. The standard InChI is InChI=1S/C26H15NOS/c1-4-12-20-18(9-1)25-24(19-10-2-5-14-22(19)28-25)27(20)21-13-7-11-17-16-8-3-6-15-23(16)29-26(17)21/h1-15H. The van der Waals surface area contributed by atoms with Crippen molar-refractivity contribution in [2.45, 2.75) is 0 Å². The predicted octanol–water partition coefficient (Wildman–Crippen LogP) is 7.90. The smallest absolute Gasteiger partial charge is 0.161 e. The van der Waals surface area contributed by atoms with Gasteiger partial charge in [-0.1, -0.05) is 54.6 Å². The fraction of sp³-hybridized carbons (Fsp3) is 0. The molecule has 2 nitrogen and oxygen atoms in total. The lowest BCUT2D eigenvalue weighted by atomic mass is 10.1. The highest BCUT2D eigenvalue weighted by atomic mass is 32.1. The number of rotatable bonds is 1. The van der Waals surface area contributed by atoms with Gasteiger partial charge in [-0.15, -0.1) is 11.3 Å². The molecule has 3 aromatic heterocycles. The van der Waals surface area contributed by atoms with Crippen LogP contribution in [0.2, 0.25) is 0 Å². The first-order valence-corrected chi connectivity index (χ1v) is 10.5. The first-order chi connectivity index (χ1) is 14.4. The van der Waals surface area contributed by atoms with Gasteiger partial charge in [0.1, 0.15) is 11.1 Å². The number of fused-ring (bicyclic) bond motifs is 8. The summed E-state index contributed by atoms with van der Waals surface area (Å²) in [5.74, 6) is 0. The summed E-state index contributed by atoms with van der Waals surface area (Å²) in [6, 6.07) is 32.1. The van der Waals surface area contributed by atoms with E-state index in [0.29, 0.717) is 0 Å². The third-order valence-corrected chi connectivity index (χ3v) is 7.02. The van der Waals surface area contributed by atoms with E-state index < -0.39 is 0 Å². The summed E-state index contributed by atoms with van der Waals surface area (Å²) in [6.07, 6.45) is 0. The molecule has 0 aliphatic rings. The maximum absolute atomic E-state index is 6.32. The average molecular weight is 389 g/mol. The van der Waals surface area contributed by atoms with Crippen LogP contribution in [0.4, 0.5) is 0 Å². The minimum Gasteiger partial charge on any atom is -0.454 e. The van der Waals surface area contributed by atoms with Gasteiger partial charge in [-0.2, -0.15) is 0 Å². The zero-order valence-electron chi connectivity index (χ0n) is 15.4. The third-order valence-electron chi connectivity index (χ3n) is 5.81. The number of nitrogens with zero attached hydrogens (tertiary/aromatic N) is 1. The summed E-state index contributed by atoms with van der Waals surface area (Å²) < 4.78 is 11.3. The van der Waals surface area contributed by atoms with Crippen LogP contribution < -0.4 is 0 Å². The molecule has 0 radical (unpaired) electrons. The van der Waals surface area contributed by atoms with E-state index in [9.17, 15) is 0 Å². The van der Waals surface area contributed by atoms with Gasteiger partial charge in [0.05, 0.1) is 15.9 Å². The zero-order chi connectivity index (χ0) is 18.9. The Balaban J connectivity index is 1.74. The highest BCUT2D eigenvalue weighted by Gasteiger charge is 2.20. The van der Waals surface area contributed by atoms with Crippen molar-refractivity contribution in [2.75, 3.05) is 0 Å². The molecule has 0 bridgehead atoms. The van der Waals surface area contributed by atoms with Crippen molar-refractivity contribution in [3.63, 3.8) is 0 Å². The van der Waals surface area contributed by atoms with Crippen molar-refractivity contribution in [1.82, 2.24) is 4.57 Å². The first kappa shape index (κ1) is 15.4. The van der Waals surface area contributed by atoms with Crippen molar-refractivity contribution in [2.24, 2.45) is 0 Å². The molecule has 0 aliphatic heterocycles. The lowest BCUT2D eigenvalue weighted by Gasteiger charge is -2.09. The van der Waals surface area contributed by atoms with Crippen LogP contribution in [0.25, 0.3) is 58.8 Å². The molecule has 29 heavy (non-hydrogen) atoms. The molecule has 0 saturated carbocycles. The Morgan fingerprint density at radius 2 is 1.34 bits per heavy atom. The van der Waals surface area contributed by atoms with Crippen LogP contribution >= 0.6 is 11.3 Å². The molecule has 0 spiro atoms. The van der Waals surface area contributed by atoms with Gasteiger partial charge in [0.25, 0.3) is 0 Å². The molecule has 3 heterocycles. The lowest BCUT2D eigenvalue weighted by Crippen LogP contribution is -1.93. The third kappa shape index (κ3) is 1.95. The number of thiophene rings is 1. The maximum atomic E-state index is 6.32. The summed E-state index contributed by atoms with van der Waals surface area (Å²) in [6.45, 7) is 0. The molecule has 7 aromatic rings. The number of hydrogen-bond acceptors (Lipinski definition) is 2. The van der Waals surface area contributed by atoms with E-state index in [1.807, 2.05) is 17.4 Å². The Bertz CT molecular complexity index is 1710. The fourth-order valence-electron chi connectivity index (χ4n) is 4.58. The van der Waals surface area contributed by atoms with Crippen LogP contribution in [-0.4, -0.2) is 4.57 Å². The molecular formula is C26H15NOS. The molecule has 0 aliphatic carbocycles. The quantitative estimate of drug-likeness (QED) is 0.279. The molecule has 4 aromatic carbocycles. The van der Waals surface area contributed by atoms with E-state index in [1.165, 1.54) is 31.4 Å². The monoisotopic (exact) mass is 389 g/mol. The molecule has 0 atom stereocenters. The van der Waals surface area contributed by atoms with Crippen LogP contribution in [0.3, 0.4) is 0 Å². The molecule has 0 amide bonds. The van der Waals surface area contributed by atoms with E-state index in [2.05, 4.69) is 89.5 Å². The molecule has 3 heteroatoms. The van der Waals surface area contributed by atoms with E-state index >= 15 is 0 Å². The maximum Gasteiger partial charge on any atom is 0.161 e. The van der Waals surface area contributed by atoms with Crippen molar-refractivity contribution in [3.8, 4) is 5.69 Å². The largest absolute Gasteiger partial charge is 0.454 e. The van der Waals surface area contributed by atoms with Gasteiger partial charge in [0.2, 0.25) is 0 Å². The second-order valence-corrected chi connectivity index (χ2v) is 8.43. The van der Waals surface area contributed by atoms with Crippen LogP contribution in [0.1, 0.15) is 0 Å². The second-order valence-electron chi connectivity index (χ2n) is 7.38. The minimum atomic E-state index is 0.931.